The summed E-state index contributed by atoms with van der Waals surface area (Å²) in [5, 5.41) is 3.20. The van der Waals surface area contributed by atoms with Gasteiger partial charge in [0.2, 0.25) is 0 Å². The zero-order valence-corrected chi connectivity index (χ0v) is 12.5. The summed E-state index contributed by atoms with van der Waals surface area (Å²) in [6.45, 7) is 1.40. The molecule has 1 aliphatic rings. The standard InChI is InChI=1S/C17H19FN2O2/c1-19-12-5-4-10-20(11-12)17(21)16-9-8-15(22-16)13-6-2-3-7-14(13)18/h2-3,6-9,12,19H,4-5,10-11H2,1H3/t12-/m0/s1. The lowest BCUT2D eigenvalue weighted by Gasteiger charge is -2.31. The van der Waals surface area contributed by atoms with Crippen LogP contribution in [-0.4, -0.2) is 37.0 Å². The molecular weight excluding hydrogens is 283 g/mol. The van der Waals surface area contributed by atoms with Crippen LogP contribution >= 0.6 is 0 Å². The predicted molar refractivity (Wildman–Crippen MR) is 82.1 cm³/mol. The Morgan fingerprint density at radius 2 is 2.14 bits per heavy atom. The summed E-state index contributed by atoms with van der Waals surface area (Å²) >= 11 is 0. The minimum Gasteiger partial charge on any atom is -0.451 e. The molecule has 1 aromatic carbocycles. The van der Waals surface area contributed by atoms with Gasteiger partial charge in [-0.2, -0.15) is 0 Å². The zero-order valence-electron chi connectivity index (χ0n) is 12.5. The minimum absolute atomic E-state index is 0.137. The average molecular weight is 302 g/mol. The lowest BCUT2D eigenvalue weighted by molar-refractivity contribution is 0.0667. The molecule has 1 amide bonds. The van der Waals surface area contributed by atoms with E-state index in [1.165, 1.54) is 6.07 Å². The molecule has 0 bridgehead atoms. The number of benzene rings is 1. The van der Waals surface area contributed by atoms with Crippen molar-refractivity contribution in [1.29, 1.82) is 0 Å². The van der Waals surface area contributed by atoms with Crippen molar-refractivity contribution in [2.45, 2.75) is 18.9 Å². The number of likely N-dealkylation sites (tertiary alicyclic amines) is 1. The van der Waals surface area contributed by atoms with Gasteiger partial charge in [-0.25, -0.2) is 4.39 Å². The third-order valence-electron chi connectivity index (χ3n) is 4.07. The van der Waals surface area contributed by atoms with Gasteiger partial charge in [0.25, 0.3) is 5.91 Å². The number of halogens is 1. The van der Waals surface area contributed by atoms with Crippen LogP contribution in [0.2, 0.25) is 0 Å². The number of carbonyl (C=O) groups is 1. The van der Waals surface area contributed by atoms with E-state index in [0.717, 1.165) is 19.4 Å². The highest BCUT2D eigenvalue weighted by molar-refractivity contribution is 5.92. The van der Waals surface area contributed by atoms with Crippen LogP contribution in [0.15, 0.2) is 40.8 Å². The van der Waals surface area contributed by atoms with E-state index in [1.54, 1.807) is 35.2 Å². The number of likely N-dealkylation sites (N-methyl/N-ethyl adjacent to an activating group) is 1. The van der Waals surface area contributed by atoms with Crippen LogP contribution in [0.3, 0.4) is 0 Å². The molecule has 4 nitrogen and oxygen atoms in total. The Labute approximate surface area is 128 Å². The van der Waals surface area contributed by atoms with Gasteiger partial charge in [-0.1, -0.05) is 12.1 Å². The number of piperidine rings is 1. The molecule has 0 saturated carbocycles. The van der Waals surface area contributed by atoms with Crippen molar-refractivity contribution in [2.75, 3.05) is 20.1 Å². The molecule has 22 heavy (non-hydrogen) atoms. The second-order valence-electron chi connectivity index (χ2n) is 5.52. The van der Waals surface area contributed by atoms with Gasteiger partial charge in [0.05, 0.1) is 5.56 Å². The van der Waals surface area contributed by atoms with E-state index in [1.807, 2.05) is 7.05 Å². The maximum Gasteiger partial charge on any atom is 0.289 e. The van der Waals surface area contributed by atoms with Crippen molar-refractivity contribution >= 4 is 5.91 Å². The van der Waals surface area contributed by atoms with Gasteiger partial charge < -0.3 is 14.6 Å². The summed E-state index contributed by atoms with van der Waals surface area (Å²) in [6, 6.07) is 9.96. The van der Waals surface area contributed by atoms with E-state index in [-0.39, 0.29) is 17.5 Å². The molecule has 0 aliphatic carbocycles. The molecule has 116 valence electrons. The summed E-state index contributed by atoms with van der Waals surface area (Å²) < 4.78 is 19.4. The molecular formula is C17H19FN2O2. The molecule has 2 heterocycles. The Morgan fingerprint density at radius 3 is 2.91 bits per heavy atom. The fraction of sp³-hybridized carbons (Fsp3) is 0.353. The van der Waals surface area contributed by atoms with Gasteiger partial charge in [0.15, 0.2) is 5.76 Å². The topological polar surface area (TPSA) is 45.5 Å². The quantitative estimate of drug-likeness (QED) is 0.948. The maximum absolute atomic E-state index is 13.8. The Morgan fingerprint density at radius 1 is 1.32 bits per heavy atom. The molecule has 1 aliphatic heterocycles. The predicted octanol–water partition coefficient (Wildman–Crippen LogP) is 2.91. The maximum atomic E-state index is 13.8. The van der Waals surface area contributed by atoms with Crippen LogP contribution in [-0.2, 0) is 0 Å². The largest absolute Gasteiger partial charge is 0.451 e. The van der Waals surface area contributed by atoms with Crippen molar-refractivity contribution in [3.05, 3.63) is 48.0 Å². The first-order valence-electron chi connectivity index (χ1n) is 7.50. The Hall–Kier alpha value is -2.14. The molecule has 0 unspecified atom stereocenters. The molecule has 1 fully saturated rings. The molecule has 1 aromatic heterocycles. The van der Waals surface area contributed by atoms with Gasteiger partial charge >= 0.3 is 0 Å². The molecule has 1 saturated heterocycles. The fourth-order valence-electron chi connectivity index (χ4n) is 2.81. The van der Waals surface area contributed by atoms with Crippen molar-refractivity contribution in [3.8, 4) is 11.3 Å². The molecule has 0 spiro atoms. The van der Waals surface area contributed by atoms with Crippen LogP contribution < -0.4 is 5.32 Å². The van der Waals surface area contributed by atoms with E-state index < -0.39 is 0 Å². The third-order valence-corrected chi connectivity index (χ3v) is 4.07. The first-order valence-corrected chi connectivity index (χ1v) is 7.50. The van der Waals surface area contributed by atoms with Crippen LogP contribution in [0.1, 0.15) is 23.4 Å². The van der Waals surface area contributed by atoms with Crippen molar-refractivity contribution in [3.63, 3.8) is 0 Å². The molecule has 2 aromatic rings. The van der Waals surface area contributed by atoms with E-state index >= 15 is 0 Å². The SMILES string of the molecule is CN[C@H]1CCCN(C(=O)c2ccc(-c3ccccc3F)o2)C1. The highest BCUT2D eigenvalue weighted by Gasteiger charge is 2.25. The summed E-state index contributed by atoms with van der Waals surface area (Å²) in [5.41, 5.74) is 0.369. The smallest absolute Gasteiger partial charge is 0.289 e. The van der Waals surface area contributed by atoms with Crippen LogP contribution in [0, 0.1) is 5.82 Å². The van der Waals surface area contributed by atoms with Gasteiger partial charge in [0.1, 0.15) is 11.6 Å². The van der Waals surface area contributed by atoms with E-state index in [0.29, 0.717) is 23.9 Å². The number of rotatable bonds is 3. The van der Waals surface area contributed by atoms with Crippen molar-refractivity contribution in [1.82, 2.24) is 10.2 Å². The summed E-state index contributed by atoms with van der Waals surface area (Å²) in [4.78, 5) is 14.3. The molecule has 0 radical (unpaired) electrons. The summed E-state index contributed by atoms with van der Waals surface area (Å²) in [6.07, 6.45) is 2.04. The van der Waals surface area contributed by atoms with Crippen LogP contribution in [0.4, 0.5) is 4.39 Å². The number of carbonyl (C=O) groups excluding carboxylic acids is 1. The second kappa shape index (κ2) is 6.32. The Kier molecular flexibility index (Phi) is 4.24. The molecule has 1 N–H and O–H groups in total. The first kappa shape index (κ1) is 14.8. The Bertz CT molecular complexity index is 668. The number of furan rings is 1. The van der Waals surface area contributed by atoms with E-state index in [2.05, 4.69) is 5.32 Å². The van der Waals surface area contributed by atoms with Gasteiger partial charge in [-0.15, -0.1) is 0 Å². The van der Waals surface area contributed by atoms with Gasteiger partial charge in [-0.05, 0) is 44.2 Å². The lowest BCUT2D eigenvalue weighted by atomic mass is 10.1. The molecule has 3 rings (SSSR count). The minimum atomic E-state index is -0.357. The lowest BCUT2D eigenvalue weighted by Crippen LogP contribution is -2.46. The number of nitrogens with zero attached hydrogens (tertiary/aromatic N) is 1. The van der Waals surface area contributed by atoms with Gasteiger partial charge in [0, 0.05) is 19.1 Å². The molecule has 5 heteroatoms. The van der Waals surface area contributed by atoms with Crippen LogP contribution in [0.25, 0.3) is 11.3 Å². The third kappa shape index (κ3) is 2.90. The number of nitrogens with one attached hydrogen (secondary N) is 1. The fourth-order valence-corrected chi connectivity index (χ4v) is 2.81. The van der Waals surface area contributed by atoms with E-state index in [9.17, 15) is 9.18 Å². The summed E-state index contributed by atoms with van der Waals surface area (Å²) in [7, 11) is 1.90. The van der Waals surface area contributed by atoms with Crippen molar-refractivity contribution < 1.29 is 13.6 Å². The number of hydrogen-bond donors (Lipinski definition) is 1. The van der Waals surface area contributed by atoms with E-state index in [4.69, 9.17) is 4.42 Å². The average Bonchev–Trinajstić information content (AvgIpc) is 3.04. The normalized spacial score (nSPS) is 18.5. The second-order valence-corrected chi connectivity index (χ2v) is 5.52. The first-order chi connectivity index (χ1) is 10.7. The molecule has 1 atom stereocenters. The highest BCUT2D eigenvalue weighted by Crippen LogP contribution is 2.25. The number of amides is 1. The van der Waals surface area contributed by atoms with Crippen molar-refractivity contribution in [2.24, 2.45) is 0 Å². The summed E-state index contributed by atoms with van der Waals surface area (Å²) in [5.74, 6) is 0.144. The van der Waals surface area contributed by atoms with Gasteiger partial charge in [-0.3, -0.25) is 4.79 Å². The highest BCUT2D eigenvalue weighted by atomic mass is 19.1. The Balaban J connectivity index is 1.79. The zero-order chi connectivity index (χ0) is 15.5. The number of hydrogen-bond acceptors (Lipinski definition) is 3. The van der Waals surface area contributed by atoms with Crippen LogP contribution in [0.5, 0.6) is 0 Å². The monoisotopic (exact) mass is 302 g/mol.